The Kier molecular flexibility index (Phi) is 5.27. The topological polar surface area (TPSA) is 93.3 Å². The molecular weight excluding hydrogens is 430 g/mol. The Morgan fingerprint density at radius 2 is 1.76 bits per heavy atom. The fraction of sp³-hybridized carbons (Fsp3) is 0.296. The first-order valence-electron chi connectivity index (χ1n) is 11.3. The van der Waals surface area contributed by atoms with Gasteiger partial charge in [-0.05, 0) is 30.0 Å². The van der Waals surface area contributed by atoms with E-state index in [-0.39, 0.29) is 16.8 Å². The summed E-state index contributed by atoms with van der Waals surface area (Å²) in [6.45, 7) is 4.15. The van der Waals surface area contributed by atoms with Gasteiger partial charge in [-0.1, -0.05) is 44.2 Å². The first-order chi connectivity index (χ1) is 16.3. The lowest BCUT2D eigenvalue weighted by molar-refractivity contribution is -0.118. The van der Waals surface area contributed by atoms with Gasteiger partial charge in [0.15, 0.2) is 5.78 Å². The summed E-state index contributed by atoms with van der Waals surface area (Å²) in [6, 6.07) is 14.9. The second kappa shape index (κ2) is 8.17. The predicted octanol–water partition coefficient (Wildman–Crippen LogP) is 4.65. The lowest BCUT2D eigenvalue weighted by Crippen LogP contribution is -2.37. The molecule has 0 saturated carbocycles. The molecule has 34 heavy (non-hydrogen) atoms. The smallest absolute Gasteiger partial charge is 0.257 e. The van der Waals surface area contributed by atoms with Crippen LogP contribution < -0.4 is 20.3 Å². The number of anilines is 1. The molecule has 5 rings (SSSR count). The van der Waals surface area contributed by atoms with Crippen molar-refractivity contribution in [2.45, 2.75) is 32.6 Å². The first kappa shape index (κ1) is 21.9. The van der Waals surface area contributed by atoms with E-state index in [0.29, 0.717) is 52.7 Å². The lowest BCUT2D eigenvalue weighted by atomic mass is 9.69. The molecule has 3 aromatic rings. The number of allylic oxidation sites excluding steroid dienone is 2. The van der Waals surface area contributed by atoms with Crippen molar-refractivity contribution in [2.24, 2.45) is 5.41 Å². The molecule has 2 N–H and O–H groups in total. The molecule has 0 unspecified atom stereocenters. The second-order valence-corrected chi connectivity index (χ2v) is 9.54. The molecule has 0 spiro atoms. The number of fused-ring (bicyclic) bond motifs is 1. The number of hydrogen-bond acceptors (Lipinski definition) is 6. The van der Waals surface area contributed by atoms with Crippen molar-refractivity contribution >= 4 is 11.6 Å². The number of carbonyl (C=O) groups excluding carboxylic acids is 1. The van der Waals surface area contributed by atoms with E-state index in [1.165, 1.54) is 0 Å². The van der Waals surface area contributed by atoms with Gasteiger partial charge in [-0.3, -0.25) is 9.59 Å². The summed E-state index contributed by atoms with van der Waals surface area (Å²) in [4.78, 5) is 34.8. The first-order valence-corrected chi connectivity index (χ1v) is 11.3. The Morgan fingerprint density at radius 1 is 1.00 bits per heavy atom. The maximum Gasteiger partial charge on any atom is 0.257 e. The van der Waals surface area contributed by atoms with Gasteiger partial charge in [0.2, 0.25) is 0 Å². The van der Waals surface area contributed by atoms with Gasteiger partial charge in [0, 0.05) is 28.8 Å². The number of carbonyl (C=O) groups is 1. The van der Waals surface area contributed by atoms with Crippen molar-refractivity contribution < 1.29 is 14.3 Å². The van der Waals surface area contributed by atoms with Crippen LogP contribution >= 0.6 is 0 Å². The quantitative estimate of drug-likeness (QED) is 0.592. The van der Waals surface area contributed by atoms with Crippen molar-refractivity contribution in [3.05, 3.63) is 81.3 Å². The third-order valence-corrected chi connectivity index (χ3v) is 6.52. The van der Waals surface area contributed by atoms with E-state index in [1.54, 1.807) is 26.4 Å². The van der Waals surface area contributed by atoms with E-state index in [2.05, 4.69) is 24.1 Å². The Hall–Kier alpha value is -3.87. The largest absolute Gasteiger partial charge is 0.497 e. The second-order valence-electron chi connectivity index (χ2n) is 9.54. The molecule has 0 bridgehead atoms. The predicted molar refractivity (Wildman–Crippen MR) is 130 cm³/mol. The van der Waals surface area contributed by atoms with Gasteiger partial charge in [0.1, 0.15) is 23.1 Å². The number of rotatable bonds is 4. The van der Waals surface area contributed by atoms with Gasteiger partial charge in [-0.15, -0.1) is 0 Å². The van der Waals surface area contributed by atoms with Crippen LogP contribution in [0, 0.1) is 5.41 Å². The van der Waals surface area contributed by atoms with Crippen molar-refractivity contribution in [1.82, 2.24) is 9.97 Å². The van der Waals surface area contributed by atoms with Crippen molar-refractivity contribution in [1.29, 1.82) is 0 Å². The third-order valence-electron chi connectivity index (χ3n) is 6.52. The molecule has 0 fully saturated rings. The molecule has 2 aromatic carbocycles. The number of Topliss-reactive ketones (excluding diaryl/α,β-unsaturated/α-hetero) is 1. The number of methoxy groups -OCH3 is 2. The van der Waals surface area contributed by atoms with Crippen LogP contribution in [0.15, 0.2) is 64.6 Å². The van der Waals surface area contributed by atoms with Gasteiger partial charge in [-0.2, -0.15) is 0 Å². The molecule has 1 aliphatic heterocycles. The minimum absolute atomic E-state index is 0.0193. The van der Waals surface area contributed by atoms with E-state index >= 15 is 0 Å². The number of nitrogens with one attached hydrogen (secondary N) is 2. The van der Waals surface area contributed by atoms with Crippen LogP contribution in [0.3, 0.4) is 0 Å². The average Bonchev–Trinajstić information content (AvgIpc) is 2.82. The highest BCUT2D eigenvalue weighted by Crippen LogP contribution is 2.49. The summed E-state index contributed by atoms with van der Waals surface area (Å²) in [5.74, 6) is 1.52. The number of hydrogen-bond donors (Lipinski definition) is 2. The minimum Gasteiger partial charge on any atom is -0.497 e. The summed E-state index contributed by atoms with van der Waals surface area (Å²) in [7, 11) is 3.16. The summed E-state index contributed by atoms with van der Waals surface area (Å²) >= 11 is 0. The highest BCUT2D eigenvalue weighted by molar-refractivity contribution is 6.01. The number of benzene rings is 2. The average molecular weight is 458 g/mol. The Balaban J connectivity index is 1.78. The van der Waals surface area contributed by atoms with Gasteiger partial charge in [0.05, 0.1) is 25.7 Å². The summed E-state index contributed by atoms with van der Waals surface area (Å²) in [5, 5.41) is 3.36. The van der Waals surface area contributed by atoms with Gasteiger partial charge < -0.3 is 19.8 Å². The zero-order chi connectivity index (χ0) is 24.0. The lowest BCUT2D eigenvalue weighted by Gasteiger charge is -2.38. The van der Waals surface area contributed by atoms with E-state index in [9.17, 15) is 9.59 Å². The molecule has 0 amide bonds. The summed E-state index contributed by atoms with van der Waals surface area (Å²) in [6.07, 6.45) is 1.07. The van der Waals surface area contributed by atoms with Crippen molar-refractivity contribution in [2.75, 3.05) is 19.5 Å². The molecule has 1 aliphatic carbocycles. The van der Waals surface area contributed by atoms with E-state index in [1.807, 2.05) is 36.4 Å². The highest BCUT2D eigenvalue weighted by atomic mass is 16.5. The van der Waals surface area contributed by atoms with Gasteiger partial charge in [0.25, 0.3) is 5.56 Å². The molecular formula is C27H27N3O4. The van der Waals surface area contributed by atoms with Crippen LogP contribution in [0.2, 0.25) is 0 Å². The number of aromatic nitrogens is 2. The Bertz CT molecular complexity index is 1370. The molecule has 0 saturated heterocycles. The maximum atomic E-state index is 13.6. The fourth-order valence-corrected chi connectivity index (χ4v) is 5.02. The van der Waals surface area contributed by atoms with E-state index in [4.69, 9.17) is 14.5 Å². The molecule has 2 aliphatic rings. The molecule has 7 heteroatoms. The molecule has 1 aromatic heterocycles. The van der Waals surface area contributed by atoms with Crippen LogP contribution in [0.4, 0.5) is 5.82 Å². The standard InChI is InChI=1S/C27H27N3O4/c1-27(2)13-18-22(19(31)14-27)21(17-12-16(33-3)10-11-20(17)34-4)23-25(28-18)29-24(30-26(23)32)15-8-6-5-7-9-15/h5-12,21H,13-14H2,1-4H3,(H2,28,29,30,32)/t21-/m0/s1. The molecule has 2 heterocycles. The van der Waals surface area contributed by atoms with Gasteiger partial charge in [-0.25, -0.2) is 4.98 Å². The molecule has 0 radical (unpaired) electrons. The van der Waals surface area contributed by atoms with Crippen LogP contribution in [-0.4, -0.2) is 30.0 Å². The number of H-pyrrole nitrogens is 1. The van der Waals surface area contributed by atoms with Gasteiger partial charge >= 0.3 is 0 Å². The van der Waals surface area contributed by atoms with Crippen LogP contribution in [0.5, 0.6) is 11.5 Å². The molecule has 174 valence electrons. The third kappa shape index (κ3) is 3.67. The summed E-state index contributed by atoms with van der Waals surface area (Å²) < 4.78 is 11.1. The number of nitrogens with zero attached hydrogens (tertiary/aromatic N) is 1. The Labute approximate surface area is 197 Å². The molecule has 1 atom stereocenters. The minimum atomic E-state index is -0.624. The number of aromatic amines is 1. The zero-order valence-corrected chi connectivity index (χ0v) is 19.7. The normalized spacial score (nSPS) is 18.6. The number of ether oxygens (including phenoxy) is 2. The monoisotopic (exact) mass is 457 g/mol. The number of ketones is 1. The van der Waals surface area contributed by atoms with Crippen molar-refractivity contribution in [3.63, 3.8) is 0 Å². The SMILES string of the molecule is COc1ccc(OC)c([C@H]2C3=C(CC(C)(C)CC3=O)Nc3nc(-c4ccccc4)[nH]c(=O)c32)c1. The van der Waals surface area contributed by atoms with Crippen LogP contribution in [0.1, 0.15) is 43.7 Å². The fourth-order valence-electron chi connectivity index (χ4n) is 5.02. The zero-order valence-electron chi connectivity index (χ0n) is 19.7. The van der Waals surface area contributed by atoms with E-state index in [0.717, 1.165) is 11.3 Å². The van der Waals surface area contributed by atoms with E-state index < -0.39 is 5.92 Å². The summed E-state index contributed by atoms with van der Waals surface area (Å²) in [5.41, 5.74) is 2.81. The van der Waals surface area contributed by atoms with Crippen LogP contribution in [-0.2, 0) is 4.79 Å². The van der Waals surface area contributed by atoms with Crippen LogP contribution in [0.25, 0.3) is 11.4 Å². The maximum absolute atomic E-state index is 13.6. The van der Waals surface area contributed by atoms with Crippen molar-refractivity contribution in [3.8, 4) is 22.9 Å². The Morgan fingerprint density at radius 3 is 2.47 bits per heavy atom. The highest BCUT2D eigenvalue weighted by Gasteiger charge is 2.43. The molecule has 7 nitrogen and oxygen atoms in total.